The number of ether oxygens (including phenoxy) is 3. The van der Waals surface area contributed by atoms with Crippen LogP contribution in [0, 0.1) is 0 Å². The average molecular weight is 383 g/mol. The molecule has 2 aromatic carbocycles. The molecular weight excluding hydrogens is 362 g/mol. The lowest BCUT2D eigenvalue weighted by Crippen LogP contribution is -2.34. The van der Waals surface area contributed by atoms with Crippen molar-refractivity contribution in [1.82, 2.24) is 0 Å². The van der Waals surface area contributed by atoms with E-state index in [4.69, 9.17) is 18.6 Å². The number of carbonyl (C=O) groups excluding carboxylic acids is 2. The molecule has 1 amide bonds. The second-order valence-corrected chi connectivity index (χ2v) is 6.72. The number of para-hydroxylation sites is 1. The van der Waals surface area contributed by atoms with E-state index in [1.165, 1.54) is 14.0 Å². The maximum atomic E-state index is 12.5. The van der Waals surface area contributed by atoms with E-state index in [0.717, 1.165) is 22.8 Å². The molecule has 1 fully saturated rings. The van der Waals surface area contributed by atoms with Gasteiger partial charge in [-0.1, -0.05) is 18.2 Å². The molecule has 0 aliphatic carbocycles. The van der Waals surface area contributed by atoms with Crippen molar-refractivity contribution in [1.29, 1.82) is 0 Å². The Bertz CT molecular complexity index is 1030. The molecule has 146 valence electrons. The highest BCUT2D eigenvalue weighted by atomic mass is 16.6. The van der Waals surface area contributed by atoms with Crippen LogP contribution in [0.1, 0.15) is 19.8 Å². The normalized spacial score (nSPS) is 17.6. The number of furan rings is 1. The summed E-state index contributed by atoms with van der Waals surface area (Å²) in [7, 11) is 1.53. The van der Waals surface area contributed by atoms with Crippen molar-refractivity contribution in [2.45, 2.75) is 32.0 Å². The largest absolute Gasteiger partial charge is 0.495 e. The summed E-state index contributed by atoms with van der Waals surface area (Å²) in [6.45, 7) is 2.06. The number of anilines is 1. The molecule has 1 saturated heterocycles. The molecule has 7 nitrogen and oxygen atoms in total. The highest BCUT2D eigenvalue weighted by Gasteiger charge is 2.28. The molecule has 1 aliphatic heterocycles. The Labute approximate surface area is 161 Å². The number of hydrogen-bond acceptors (Lipinski definition) is 6. The van der Waals surface area contributed by atoms with Gasteiger partial charge < -0.3 is 23.9 Å². The van der Waals surface area contributed by atoms with Crippen molar-refractivity contribution < 1.29 is 28.2 Å². The number of methoxy groups -OCH3 is 1. The van der Waals surface area contributed by atoms with E-state index in [1.807, 2.05) is 30.3 Å². The van der Waals surface area contributed by atoms with E-state index >= 15 is 0 Å². The maximum Gasteiger partial charge on any atom is 0.336 e. The molecule has 0 saturated carbocycles. The Morgan fingerprint density at radius 2 is 2.00 bits per heavy atom. The fourth-order valence-electron chi connectivity index (χ4n) is 3.32. The summed E-state index contributed by atoms with van der Waals surface area (Å²) in [5, 5.41) is 4.61. The van der Waals surface area contributed by atoms with Gasteiger partial charge in [0, 0.05) is 23.4 Å². The number of rotatable bonds is 5. The molecule has 1 aromatic heterocycles. The third-order valence-electron chi connectivity index (χ3n) is 4.81. The number of benzene rings is 2. The van der Waals surface area contributed by atoms with Crippen molar-refractivity contribution in [3.8, 4) is 5.75 Å². The molecule has 3 aromatic rings. The fraction of sp³-hybridized carbons (Fsp3) is 0.333. The first-order valence-corrected chi connectivity index (χ1v) is 9.19. The second kappa shape index (κ2) is 7.52. The predicted molar refractivity (Wildman–Crippen MR) is 103 cm³/mol. The monoisotopic (exact) mass is 383 g/mol. The van der Waals surface area contributed by atoms with E-state index in [-0.39, 0.29) is 0 Å². The van der Waals surface area contributed by atoms with Crippen LogP contribution >= 0.6 is 0 Å². The average Bonchev–Trinajstić information content (AvgIpc) is 3.35. The van der Waals surface area contributed by atoms with Crippen molar-refractivity contribution in [2.75, 3.05) is 19.0 Å². The summed E-state index contributed by atoms with van der Waals surface area (Å²) >= 11 is 0. The van der Waals surface area contributed by atoms with Crippen LogP contribution < -0.4 is 10.1 Å². The SMILES string of the molecule is COc1cc2c(cc1NC(=O)[C@H](C)OC(=O)[C@H]1CCCO1)oc1ccccc12. The lowest BCUT2D eigenvalue weighted by Gasteiger charge is -2.17. The van der Waals surface area contributed by atoms with Crippen LogP contribution in [0.2, 0.25) is 0 Å². The van der Waals surface area contributed by atoms with E-state index in [1.54, 1.807) is 6.07 Å². The van der Waals surface area contributed by atoms with Crippen LogP contribution in [-0.4, -0.2) is 37.8 Å². The van der Waals surface area contributed by atoms with E-state index in [0.29, 0.717) is 30.0 Å². The lowest BCUT2D eigenvalue weighted by molar-refractivity contribution is -0.162. The number of carbonyl (C=O) groups is 2. The van der Waals surface area contributed by atoms with Crippen LogP contribution in [-0.2, 0) is 19.1 Å². The zero-order valence-electron chi connectivity index (χ0n) is 15.7. The van der Waals surface area contributed by atoms with Gasteiger partial charge in [-0.2, -0.15) is 0 Å². The summed E-state index contributed by atoms with van der Waals surface area (Å²) in [6, 6.07) is 11.2. The minimum absolute atomic E-state index is 0.444. The quantitative estimate of drug-likeness (QED) is 0.677. The maximum absolute atomic E-state index is 12.5. The fourth-order valence-corrected chi connectivity index (χ4v) is 3.32. The van der Waals surface area contributed by atoms with Gasteiger partial charge in [-0.15, -0.1) is 0 Å². The summed E-state index contributed by atoms with van der Waals surface area (Å²) in [4.78, 5) is 24.6. The summed E-state index contributed by atoms with van der Waals surface area (Å²) < 4.78 is 21.8. The highest BCUT2D eigenvalue weighted by Crippen LogP contribution is 2.36. The first-order chi connectivity index (χ1) is 13.6. The Morgan fingerprint density at radius 3 is 2.75 bits per heavy atom. The topological polar surface area (TPSA) is 87.0 Å². The molecule has 0 unspecified atom stereocenters. The molecule has 0 spiro atoms. The molecular formula is C21H21NO6. The van der Waals surface area contributed by atoms with Gasteiger partial charge in [-0.3, -0.25) is 4.79 Å². The number of hydrogen-bond donors (Lipinski definition) is 1. The summed E-state index contributed by atoms with van der Waals surface area (Å²) in [5.74, 6) is -0.481. The van der Waals surface area contributed by atoms with Crippen molar-refractivity contribution in [3.63, 3.8) is 0 Å². The molecule has 2 heterocycles. The smallest absolute Gasteiger partial charge is 0.336 e. The van der Waals surface area contributed by atoms with Gasteiger partial charge in [0.1, 0.15) is 16.9 Å². The number of nitrogens with one attached hydrogen (secondary N) is 1. The third kappa shape index (κ3) is 3.41. The second-order valence-electron chi connectivity index (χ2n) is 6.72. The molecule has 7 heteroatoms. The standard InChI is InChI=1S/C21H21NO6/c1-12(27-21(24)17-8-5-9-26-17)20(23)22-15-11-18-14(10-19(15)25-2)13-6-3-4-7-16(13)28-18/h3-4,6-7,10-12,17H,5,8-9H2,1-2H3,(H,22,23)/t12-,17+/m0/s1. The Hall–Kier alpha value is -3.06. The molecule has 1 N–H and O–H groups in total. The first-order valence-electron chi connectivity index (χ1n) is 9.19. The van der Waals surface area contributed by atoms with E-state index in [2.05, 4.69) is 5.32 Å². The van der Waals surface area contributed by atoms with Gasteiger partial charge >= 0.3 is 5.97 Å². The minimum atomic E-state index is -0.965. The Kier molecular flexibility index (Phi) is 4.92. The predicted octanol–water partition coefficient (Wildman–Crippen LogP) is 3.64. The lowest BCUT2D eigenvalue weighted by atomic mass is 10.1. The number of esters is 1. The molecule has 4 rings (SSSR count). The van der Waals surface area contributed by atoms with Crippen LogP contribution in [0.25, 0.3) is 21.9 Å². The van der Waals surface area contributed by atoms with E-state index in [9.17, 15) is 9.59 Å². The summed E-state index contributed by atoms with van der Waals surface area (Å²) in [6.07, 6.45) is -0.122. The Balaban J connectivity index is 1.55. The van der Waals surface area contributed by atoms with Gasteiger partial charge in [0.2, 0.25) is 0 Å². The van der Waals surface area contributed by atoms with Gasteiger partial charge in [0.15, 0.2) is 12.2 Å². The third-order valence-corrected chi connectivity index (χ3v) is 4.81. The van der Waals surface area contributed by atoms with Crippen LogP contribution in [0.4, 0.5) is 5.69 Å². The Morgan fingerprint density at radius 1 is 1.18 bits per heavy atom. The van der Waals surface area contributed by atoms with Crippen LogP contribution in [0.3, 0.4) is 0 Å². The van der Waals surface area contributed by atoms with Crippen LogP contribution in [0.15, 0.2) is 40.8 Å². The van der Waals surface area contributed by atoms with Crippen molar-refractivity contribution in [2.24, 2.45) is 0 Å². The number of amides is 1. The summed E-state index contributed by atoms with van der Waals surface area (Å²) in [5.41, 5.74) is 1.82. The molecule has 0 bridgehead atoms. The highest BCUT2D eigenvalue weighted by molar-refractivity contribution is 6.08. The van der Waals surface area contributed by atoms with Crippen LogP contribution in [0.5, 0.6) is 5.75 Å². The molecule has 0 radical (unpaired) electrons. The van der Waals surface area contributed by atoms with Gasteiger partial charge in [-0.25, -0.2) is 4.79 Å². The van der Waals surface area contributed by atoms with Crippen molar-refractivity contribution in [3.05, 3.63) is 36.4 Å². The minimum Gasteiger partial charge on any atom is -0.495 e. The molecule has 1 aliphatic rings. The van der Waals surface area contributed by atoms with E-state index < -0.39 is 24.1 Å². The molecule has 28 heavy (non-hydrogen) atoms. The zero-order chi connectivity index (χ0) is 19.7. The molecule has 2 atom stereocenters. The van der Waals surface area contributed by atoms with Crippen molar-refractivity contribution >= 4 is 39.5 Å². The van der Waals surface area contributed by atoms with Gasteiger partial charge in [0.25, 0.3) is 5.91 Å². The number of fused-ring (bicyclic) bond motifs is 3. The zero-order valence-corrected chi connectivity index (χ0v) is 15.7. The van der Waals surface area contributed by atoms with Gasteiger partial charge in [-0.05, 0) is 31.9 Å². The van der Waals surface area contributed by atoms with Gasteiger partial charge in [0.05, 0.1) is 12.8 Å². The first kappa shape index (κ1) is 18.3.